The van der Waals surface area contributed by atoms with E-state index in [0.717, 1.165) is 25.0 Å². The molecule has 0 atom stereocenters. The fourth-order valence-corrected chi connectivity index (χ4v) is 3.68. The van der Waals surface area contributed by atoms with Crippen LogP contribution < -0.4 is 61.2 Å². The molecule has 0 aliphatic rings. The Balaban J connectivity index is 0.00000420. The van der Waals surface area contributed by atoms with Crippen molar-refractivity contribution < 1.29 is 74.2 Å². The molecule has 1 N–H and O–H groups in total. The van der Waals surface area contributed by atoms with Crippen LogP contribution in [0.2, 0.25) is 0 Å². The maximum absolute atomic E-state index is 11.8. The Bertz CT molecular complexity index is 852. The van der Waals surface area contributed by atoms with Crippen LogP contribution in [0, 0.1) is 0 Å². The molecule has 2 rings (SSSR count). The SMILES string of the molecule is CCCCCCCCCCc1cccc(Oc2ccc(S(=O)(=O)O)c([O-])c2)c1.[K+]. The van der Waals surface area contributed by atoms with Crippen LogP contribution in [0.5, 0.6) is 17.2 Å². The molecule has 0 unspecified atom stereocenters. The maximum Gasteiger partial charge on any atom is 1.00 e. The summed E-state index contributed by atoms with van der Waals surface area (Å²) in [4.78, 5) is -0.650. The second kappa shape index (κ2) is 13.8. The van der Waals surface area contributed by atoms with E-state index in [1.807, 2.05) is 12.1 Å². The second-order valence-electron chi connectivity index (χ2n) is 7.06. The van der Waals surface area contributed by atoms with Gasteiger partial charge < -0.3 is 9.84 Å². The van der Waals surface area contributed by atoms with Crippen molar-refractivity contribution in [2.24, 2.45) is 0 Å². The number of rotatable bonds is 12. The minimum atomic E-state index is -4.52. The summed E-state index contributed by atoms with van der Waals surface area (Å²) in [6.07, 6.45) is 11.2. The molecule has 0 aromatic heterocycles. The van der Waals surface area contributed by atoms with Crippen LogP contribution in [0.15, 0.2) is 47.4 Å². The predicted molar refractivity (Wildman–Crippen MR) is 109 cm³/mol. The first kappa shape index (κ1) is 26.6. The average molecular weight is 445 g/mol. The first-order valence-corrected chi connectivity index (χ1v) is 11.4. The van der Waals surface area contributed by atoms with Crippen molar-refractivity contribution in [2.45, 2.75) is 69.6 Å². The van der Waals surface area contributed by atoms with Gasteiger partial charge in [-0.2, -0.15) is 8.42 Å². The quantitative estimate of drug-likeness (QED) is 0.309. The monoisotopic (exact) mass is 444 g/mol. The van der Waals surface area contributed by atoms with E-state index >= 15 is 0 Å². The molecule has 2 aromatic carbocycles. The maximum atomic E-state index is 11.8. The number of aryl methyl sites for hydroxylation is 1. The molecule has 0 amide bonds. The van der Waals surface area contributed by atoms with Crippen LogP contribution in [0.1, 0.15) is 63.9 Å². The summed E-state index contributed by atoms with van der Waals surface area (Å²) in [6.45, 7) is 2.23. The molecule has 2 aromatic rings. The van der Waals surface area contributed by atoms with E-state index in [1.165, 1.54) is 56.6 Å². The molecule has 0 saturated heterocycles. The molecule has 0 bridgehead atoms. The van der Waals surface area contributed by atoms with Gasteiger partial charge in [-0.25, -0.2) is 0 Å². The molecule has 0 saturated carbocycles. The third-order valence-corrected chi connectivity index (χ3v) is 5.54. The minimum absolute atomic E-state index is 0. The van der Waals surface area contributed by atoms with Gasteiger partial charge in [-0.15, -0.1) is 0 Å². The van der Waals surface area contributed by atoms with Gasteiger partial charge in [0, 0.05) is 0 Å². The van der Waals surface area contributed by atoms with Crippen LogP contribution in [-0.2, 0) is 16.5 Å². The van der Waals surface area contributed by atoms with Crippen molar-refractivity contribution in [1.29, 1.82) is 0 Å². The van der Waals surface area contributed by atoms with Crippen LogP contribution in [0.25, 0.3) is 0 Å². The number of hydrogen-bond donors (Lipinski definition) is 1. The Kier molecular flexibility index (Phi) is 12.7. The molecule has 0 aliphatic heterocycles. The summed E-state index contributed by atoms with van der Waals surface area (Å²) in [5.74, 6) is 0.0350. The molecular weight excluding hydrogens is 415 g/mol. The molecule has 0 radical (unpaired) electrons. The van der Waals surface area contributed by atoms with Gasteiger partial charge in [-0.1, -0.05) is 69.8 Å². The van der Waals surface area contributed by atoms with Gasteiger partial charge in [0.1, 0.15) is 11.5 Å². The van der Waals surface area contributed by atoms with Crippen LogP contribution in [0.4, 0.5) is 0 Å². The fourth-order valence-electron chi connectivity index (χ4n) is 3.13. The van der Waals surface area contributed by atoms with Gasteiger partial charge in [0.25, 0.3) is 10.1 Å². The first-order chi connectivity index (χ1) is 13.4. The van der Waals surface area contributed by atoms with Gasteiger partial charge >= 0.3 is 51.4 Å². The molecule has 5 nitrogen and oxygen atoms in total. The van der Waals surface area contributed by atoms with Crippen molar-refractivity contribution in [2.75, 3.05) is 0 Å². The van der Waals surface area contributed by atoms with Gasteiger partial charge in [0.15, 0.2) is 0 Å². The van der Waals surface area contributed by atoms with E-state index in [1.54, 1.807) is 6.07 Å². The summed E-state index contributed by atoms with van der Waals surface area (Å²) in [5, 5.41) is 11.8. The molecule has 0 fully saturated rings. The number of benzene rings is 2. The Morgan fingerprint density at radius 3 is 2.14 bits per heavy atom. The summed E-state index contributed by atoms with van der Waals surface area (Å²) in [5.41, 5.74) is 1.17. The van der Waals surface area contributed by atoms with Gasteiger partial charge in [0.05, 0.1) is 4.90 Å². The Hall–Kier alpha value is -0.414. The summed E-state index contributed by atoms with van der Waals surface area (Å²) < 4.78 is 36.9. The predicted octanol–water partition coefficient (Wildman–Crippen LogP) is 2.49. The van der Waals surface area contributed by atoms with Gasteiger partial charge in [0.2, 0.25) is 0 Å². The zero-order valence-corrected chi connectivity index (χ0v) is 21.3. The molecule has 7 heteroatoms. The largest absolute Gasteiger partial charge is 1.00 e. The summed E-state index contributed by atoms with van der Waals surface area (Å²) in [6, 6.07) is 11.1. The van der Waals surface area contributed by atoms with Crippen molar-refractivity contribution in [3.8, 4) is 17.2 Å². The van der Waals surface area contributed by atoms with Gasteiger partial charge in [-0.05, 0) is 48.7 Å². The zero-order chi connectivity index (χ0) is 20.4. The Labute approximate surface area is 217 Å². The first-order valence-electron chi connectivity index (χ1n) is 9.95. The van der Waals surface area contributed by atoms with Crippen molar-refractivity contribution in [3.05, 3.63) is 48.0 Å². The van der Waals surface area contributed by atoms with Crippen molar-refractivity contribution >= 4 is 10.1 Å². The summed E-state index contributed by atoms with van der Waals surface area (Å²) >= 11 is 0. The minimum Gasteiger partial charge on any atom is -0.871 e. The molecular formula is C22H29KO5S. The third kappa shape index (κ3) is 9.96. The molecule has 0 aliphatic carbocycles. The van der Waals surface area contributed by atoms with E-state index in [9.17, 15) is 13.5 Å². The fraction of sp³-hybridized carbons (Fsp3) is 0.455. The van der Waals surface area contributed by atoms with Gasteiger partial charge in [-0.3, -0.25) is 4.55 Å². The van der Waals surface area contributed by atoms with Crippen molar-refractivity contribution in [3.63, 3.8) is 0 Å². The van der Waals surface area contributed by atoms with E-state index < -0.39 is 20.8 Å². The second-order valence-corrected chi connectivity index (χ2v) is 8.45. The smallest absolute Gasteiger partial charge is 0.871 e. The summed E-state index contributed by atoms with van der Waals surface area (Å²) in [7, 11) is -4.52. The number of unbranched alkanes of at least 4 members (excludes halogenated alkanes) is 7. The third-order valence-electron chi connectivity index (χ3n) is 4.65. The van der Waals surface area contributed by atoms with Crippen LogP contribution >= 0.6 is 0 Å². The van der Waals surface area contributed by atoms with E-state index in [4.69, 9.17) is 9.29 Å². The van der Waals surface area contributed by atoms with Crippen LogP contribution in [0.3, 0.4) is 0 Å². The number of hydrogen-bond acceptors (Lipinski definition) is 4. The molecule has 29 heavy (non-hydrogen) atoms. The standard InChI is InChI=1S/C22H30O5S.K/c1-2-3-4-5-6-7-8-9-11-18-12-10-13-19(16-18)27-20-14-15-22(21(23)17-20)28(24,25)26;/h10,12-17,23H,2-9,11H2,1H3,(H,24,25,26);/q;+1/p-1. The average Bonchev–Trinajstić information content (AvgIpc) is 2.63. The Morgan fingerprint density at radius 2 is 1.52 bits per heavy atom. The van der Waals surface area contributed by atoms with E-state index in [2.05, 4.69) is 13.0 Å². The van der Waals surface area contributed by atoms with E-state index in [0.29, 0.717) is 5.75 Å². The van der Waals surface area contributed by atoms with Crippen molar-refractivity contribution in [1.82, 2.24) is 0 Å². The Morgan fingerprint density at radius 1 is 0.897 bits per heavy atom. The topological polar surface area (TPSA) is 86.7 Å². The van der Waals surface area contributed by atoms with Crippen LogP contribution in [-0.4, -0.2) is 13.0 Å². The molecule has 0 heterocycles. The normalized spacial score (nSPS) is 11.1. The number of ether oxygens (including phenoxy) is 1. The zero-order valence-electron chi connectivity index (χ0n) is 17.4. The van der Waals surface area contributed by atoms with E-state index in [-0.39, 0.29) is 57.1 Å². The molecule has 0 spiro atoms. The molecule has 154 valence electrons.